The Hall–Kier alpha value is -2.79. The molecule has 0 radical (unpaired) electrons. The molecule has 0 amide bonds. The second-order valence-corrected chi connectivity index (χ2v) is 18.3. The predicted molar refractivity (Wildman–Crippen MR) is 243 cm³/mol. The van der Waals surface area contributed by atoms with E-state index in [0.717, 1.165) is 75.7 Å². The lowest BCUT2D eigenvalue weighted by atomic mass is 10.0. The molecule has 0 aliphatic carbocycles. The fourth-order valence-electron chi connectivity index (χ4n) is 6.25. The van der Waals surface area contributed by atoms with Crippen molar-refractivity contribution in [1.29, 1.82) is 0 Å². The summed E-state index contributed by atoms with van der Waals surface area (Å²) in [6.07, 6.45) is 33.3. The van der Waals surface area contributed by atoms with Crippen LogP contribution in [-0.2, 0) is 45.5 Å². The fraction of sp³-hybridized carbons (Fsp3) is 0.708. The molecule has 0 aliphatic heterocycles. The molecule has 0 bridgehead atoms. The molecule has 60 heavy (non-hydrogen) atoms. The van der Waals surface area contributed by atoms with Crippen LogP contribution in [-0.4, -0.2) is 86.1 Å². The summed E-state index contributed by atoms with van der Waals surface area (Å²) in [6.45, 7) is 8.44. The van der Waals surface area contributed by atoms with Gasteiger partial charge in [0, 0.05) is 25.7 Å². The van der Waals surface area contributed by atoms with Crippen molar-refractivity contribution in [2.75, 3.05) is 47.5 Å². The van der Waals surface area contributed by atoms with Crippen molar-refractivity contribution in [3.8, 4) is 0 Å². The highest BCUT2D eigenvalue weighted by atomic mass is 31.2. The summed E-state index contributed by atoms with van der Waals surface area (Å²) in [5.74, 6) is 1.36. The molecule has 0 fully saturated rings. The molecule has 1 aromatic rings. The smallest absolute Gasteiger partial charge is 0.466 e. The number of hydrogen-bond acceptors (Lipinski definition) is 9. The van der Waals surface area contributed by atoms with Crippen molar-refractivity contribution < 1.29 is 51.6 Å². The molecule has 1 unspecified atom stereocenters. The number of phosphoric ester groups is 1. The number of carbonyl (C=O) groups is 2. The molecule has 1 heterocycles. The molecular formula is C48H83NO10P+. The Labute approximate surface area is 363 Å². The zero-order valence-corrected chi connectivity index (χ0v) is 39.4. The fourth-order valence-corrected chi connectivity index (χ4v) is 7.00. The maximum Gasteiger partial charge on any atom is 0.472 e. The van der Waals surface area contributed by atoms with E-state index in [1.807, 2.05) is 57.6 Å². The van der Waals surface area contributed by atoms with E-state index in [1.165, 1.54) is 43.2 Å². The Morgan fingerprint density at radius 1 is 0.717 bits per heavy atom. The van der Waals surface area contributed by atoms with Gasteiger partial charge in [-0.3, -0.25) is 18.6 Å². The molecule has 0 aliphatic rings. The van der Waals surface area contributed by atoms with Crippen molar-refractivity contribution in [3.05, 3.63) is 71.3 Å². The van der Waals surface area contributed by atoms with E-state index in [4.69, 9.17) is 22.9 Å². The number of likely N-dealkylation sites (N-methyl/N-ethyl adjacent to an activating group) is 1. The van der Waals surface area contributed by atoms with Crippen LogP contribution >= 0.6 is 7.82 Å². The average Bonchev–Trinajstić information content (AvgIpc) is 3.45. The first kappa shape index (κ1) is 55.2. The highest BCUT2D eigenvalue weighted by Crippen LogP contribution is 2.43. The molecule has 12 heteroatoms. The van der Waals surface area contributed by atoms with E-state index in [2.05, 4.69) is 33.8 Å². The van der Waals surface area contributed by atoms with Gasteiger partial charge in [-0.05, 0) is 82.8 Å². The number of carbonyl (C=O) groups excluding carboxylic acids is 2. The highest BCUT2D eigenvalue weighted by Gasteiger charge is 2.27. The summed E-state index contributed by atoms with van der Waals surface area (Å²) in [5.41, 5.74) is 2.62. The normalized spacial score (nSPS) is 14.5. The lowest BCUT2D eigenvalue weighted by molar-refractivity contribution is -0.870. The number of aliphatic hydroxyl groups is 1. The van der Waals surface area contributed by atoms with Gasteiger partial charge in [0.15, 0.2) is 6.10 Å². The Bertz CT molecular complexity index is 1460. The minimum absolute atomic E-state index is 0.00209. The third kappa shape index (κ3) is 30.3. The molecule has 0 spiro atoms. The number of aryl methyl sites for hydroxylation is 2. The number of aliphatic hydroxyl groups excluding tert-OH is 1. The summed E-state index contributed by atoms with van der Waals surface area (Å²) < 4.78 is 40.4. The number of allylic oxidation sites excluding steroid dienone is 6. The summed E-state index contributed by atoms with van der Waals surface area (Å²) >= 11 is 0. The maximum absolute atomic E-state index is 12.7. The van der Waals surface area contributed by atoms with Crippen LogP contribution in [0.2, 0.25) is 0 Å². The van der Waals surface area contributed by atoms with Crippen molar-refractivity contribution in [2.24, 2.45) is 0 Å². The second kappa shape index (κ2) is 33.8. The lowest BCUT2D eigenvalue weighted by Gasteiger charge is -2.24. The van der Waals surface area contributed by atoms with E-state index in [0.29, 0.717) is 36.7 Å². The van der Waals surface area contributed by atoms with Crippen molar-refractivity contribution >= 4 is 19.8 Å². The number of furan rings is 1. The largest absolute Gasteiger partial charge is 0.472 e. The van der Waals surface area contributed by atoms with Gasteiger partial charge in [-0.1, -0.05) is 114 Å². The summed E-state index contributed by atoms with van der Waals surface area (Å²) in [4.78, 5) is 35.5. The first-order chi connectivity index (χ1) is 28.7. The number of phosphoric acid groups is 1. The van der Waals surface area contributed by atoms with Gasteiger partial charge in [-0.25, -0.2) is 4.57 Å². The van der Waals surface area contributed by atoms with Gasteiger partial charge in [-0.2, -0.15) is 0 Å². The third-order valence-electron chi connectivity index (χ3n) is 10.1. The molecule has 0 saturated heterocycles. The van der Waals surface area contributed by atoms with E-state index in [-0.39, 0.29) is 26.1 Å². The minimum Gasteiger partial charge on any atom is -0.466 e. The number of rotatable bonds is 37. The van der Waals surface area contributed by atoms with Gasteiger partial charge in [0.1, 0.15) is 31.3 Å². The standard InChI is InChI=1S/C48H82NO10P/c1-8-10-11-12-21-26-32-43(50)33-27-22-17-13-15-20-25-30-36-48(52)58-44(40-57-60(53,54)56-38-37-49(5,6)7)39-55-47(51)35-29-24-19-16-14-18-23-28-34-46-42(4)41(3)45(59-46)31-9-2/h15,17,20-22,26-27,33,43-44,50H,8-14,16,18-19,23-25,28-32,34-40H2,1-7H3/p+1/b20-15-,22-17-,26-21-,33-27+/t43-,44+/m0/s1. The van der Waals surface area contributed by atoms with Crippen molar-refractivity contribution in [2.45, 2.75) is 175 Å². The zero-order valence-electron chi connectivity index (χ0n) is 38.5. The van der Waals surface area contributed by atoms with Gasteiger partial charge >= 0.3 is 19.8 Å². The molecule has 0 aromatic carbocycles. The predicted octanol–water partition coefficient (Wildman–Crippen LogP) is 11.3. The van der Waals surface area contributed by atoms with Crippen LogP contribution in [0.4, 0.5) is 0 Å². The van der Waals surface area contributed by atoms with E-state index < -0.39 is 38.6 Å². The van der Waals surface area contributed by atoms with Crippen LogP contribution in [0.25, 0.3) is 0 Å². The topological polar surface area (TPSA) is 142 Å². The van der Waals surface area contributed by atoms with Crippen molar-refractivity contribution in [3.63, 3.8) is 0 Å². The van der Waals surface area contributed by atoms with E-state index >= 15 is 0 Å². The molecule has 11 nitrogen and oxygen atoms in total. The molecule has 2 N–H and O–H groups in total. The first-order valence-corrected chi connectivity index (χ1v) is 24.3. The van der Waals surface area contributed by atoms with Crippen LogP contribution in [0.3, 0.4) is 0 Å². The molecule has 3 atom stereocenters. The number of ether oxygens (including phenoxy) is 2. The van der Waals surface area contributed by atoms with Crippen molar-refractivity contribution in [1.82, 2.24) is 0 Å². The summed E-state index contributed by atoms with van der Waals surface area (Å²) in [7, 11) is 1.38. The quantitative estimate of drug-likeness (QED) is 0.0166. The SMILES string of the molecule is CCCCC/C=C\C[C@H](O)/C=C/C=C\C/C=C\CCCC(=O)O[C@H](COC(=O)CCCCCCCCCCc1oc(CCC)c(C)c1C)COP(=O)(O)OCC[N+](C)(C)C. The minimum atomic E-state index is -4.42. The van der Waals surface area contributed by atoms with Crippen LogP contribution in [0, 0.1) is 13.8 Å². The highest BCUT2D eigenvalue weighted by molar-refractivity contribution is 7.47. The number of hydrogen-bond donors (Lipinski definition) is 2. The Balaban J connectivity index is 2.40. The molecule has 1 rings (SSSR count). The van der Waals surface area contributed by atoms with Gasteiger partial charge in [0.05, 0.1) is 33.9 Å². The summed E-state index contributed by atoms with van der Waals surface area (Å²) in [5, 5.41) is 10.1. The molecular weight excluding hydrogens is 781 g/mol. The number of nitrogens with zero attached hydrogens (tertiary/aromatic N) is 1. The van der Waals surface area contributed by atoms with E-state index in [1.54, 1.807) is 6.08 Å². The van der Waals surface area contributed by atoms with Crippen LogP contribution < -0.4 is 0 Å². The van der Waals surface area contributed by atoms with Gasteiger partial charge in [0.25, 0.3) is 0 Å². The molecule has 1 aromatic heterocycles. The summed E-state index contributed by atoms with van der Waals surface area (Å²) in [6, 6.07) is 0. The Morgan fingerprint density at radius 2 is 1.35 bits per heavy atom. The van der Waals surface area contributed by atoms with Gasteiger partial charge in [-0.15, -0.1) is 0 Å². The monoisotopic (exact) mass is 865 g/mol. The number of quaternary nitrogens is 1. The first-order valence-electron chi connectivity index (χ1n) is 22.8. The van der Waals surface area contributed by atoms with Crippen LogP contribution in [0.15, 0.2) is 53.0 Å². The molecule has 344 valence electrons. The Morgan fingerprint density at radius 3 is 2.03 bits per heavy atom. The van der Waals surface area contributed by atoms with Crippen LogP contribution in [0.1, 0.15) is 158 Å². The maximum atomic E-state index is 12.7. The zero-order chi connectivity index (χ0) is 44.5. The number of unbranched alkanes of at least 4 members (excludes halogenated alkanes) is 11. The molecule has 0 saturated carbocycles. The number of esters is 2. The van der Waals surface area contributed by atoms with Crippen LogP contribution in [0.5, 0.6) is 0 Å². The average molecular weight is 865 g/mol. The Kier molecular flexibility index (Phi) is 31.1. The van der Waals surface area contributed by atoms with Gasteiger partial charge in [0.2, 0.25) is 0 Å². The third-order valence-corrected chi connectivity index (χ3v) is 11.1. The second-order valence-electron chi connectivity index (χ2n) is 16.9. The lowest BCUT2D eigenvalue weighted by Crippen LogP contribution is -2.37. The van der Waals surface area contributed by atoms with Gasteiger partial charge < -0.3 is 28.4 Å². The van der Waals surface area contributed by atoms with E-state index in [9.17, 15) is 24.2 Å².